The molecule has 1 fully saturated rings. The Balaban J connectivity index is 1.68. The van der Waals surface area contributed by atoms with E-state index in [4.69, 9.17) is 5.11 Å². The average Bonchev–Trinajstić information content (AvgIpc) is 2.67. The van der Waals surface area contributed by atoms with Crippen LogP contribution in [0.2, 0.25) is 0 Å². The average molecular weight is 336 g/mol. The molecule has 0 unspecified atom stereocenters. The summed E-state index contributed by atoms with van der Waals surface area (Å²) < 4.78 is 0. The number of ketones is 1. The number of hydrogen-bond donors (Lipinski definition) is 1. The van der Waals surface area contributed by atoms with Crippen LogP contribution in [0.25, 0.3) is 17.2 Å². The van der Waals surface area contributed by atoms with Crippen molar-refractivity contribution in [2.24, 2.45) is 0 Å². The minimum atomic E-state index is -0.450. The highest BCUT2D eigenvalue weighted by Crippen LogP contribution is 2.24. The van der Waals surface area contributed by atoms with E-state index in [2.05, 4.69) is 41.1 Å². The van der Waals surface area contributed by atoms with E-state index >= 15 is 0 Å². The lowest BCUT2D eigenvalue weighted by Gasteiger charge is -2.34. The molecule has 25 heavy (non-hydrogen) atoms. The van der Waals surface area contributed by atoms with E-state index in [1.807, 2.05) is 24.3 Å². The van der Waals surface area contributed by atoms with Gasteiger partial charge in [-0.15, -0.1) is 0 Å². The lowest BCUT2D eigenvalue weighted by atomic mass is 10.0. The molecule has 0 radical (unpaired) electrons. The molecule has 0 aliphatic carbocycles. The first kappa shape index (κ1) is 17.4. The third kappa shape index (κ3) is 4.56. The molecule has 2 aromatic carbocycles. The van der Waals surface area contributed by atoms with Gasteiger partial charge < -0.3 is 14.9 Å². The summed E-state index contributed by atoms with van der Waals surface area (Å²) >= 11 is 0. The van der Waals surface area contributed by atoms with Gasteiger partial charge in [-0.2, -0.15) is 0 Å². The predicted molar refractivity (Wildman–Crippen MR) is 103 cm³/mol. The molecule has 0 saturated carbocycles. The van der Waals surface area contributed by atoms with Crippen LogP contribution in [0.15, 0.2) is 54.6 Å². The van der Waals surface area contributed by atoms with Crippen molar-refractivity contribution in [2.45, 2.75) is 0 Å². The minimum Gasteiger partial charge on any atom is -0.388 e. The zero-order valence-corrected chi connectivity index (χ0v) is 14.6. The second-order valence-corrected chi connectivity index (χ2v) is 6.42. The molecule has 0 amide bonds. The van der Waals surface area contributed by atoms with E-state index in [-0.39, 0.29) is 5.78 Å². The fourth-order valence-electron chi connectivity index (χ4n) is 2.96. The Bertz CT molecular complexity index is 727. The number of carbonyl (C=O) groups is 1. The van der Waals surface area contributed by atoms with Crippen molar-refractivity contribution >= 4 is 17.5 Å². The Morgan fingerprint density at radius 2 is 1.52 bits per heavy atom. The molecule has 4 nitrogen and oxygen atoms in total. The molecule has 1 aliphatic rings. The number of nitrogens with zero attached hydrogens (tertiary/aromatic N) is 2. The smallest absolute Gasteiger partial charge is 0.181 e. The molecular weight excluding hydrogens is 312 g/mol. The number of aliphatic hydroxyl groups excluding tert-OH is 1. The summed E-state index contributed by atoms with van der Waals surface area (Å²) in [6, 6.07) is 16.8. The third-order valence-electron chi connectivity index (χ3n) is 4.60. The Morgan fingerprint density at radius 1 is 0.960 bits per heavy atom. The van der Waals surface area contributed by atoms with Crippen LogP contribution in [0.4, 0.5) is 5.69 Å². The van der Waals surface area contributed by atoms with Crippen LogP contribution in [-0.4, -0.2) is 55.6 Å². The predicted octanol–water partition coefficient (Wildman–Crippen LogP) is 2.68. The van der Waals surface area contributed by atoms with E-state index < -0.39 is 6.61 Å². The first-order valence-electron chi connectivity index (χ1n) is 8.61. The SMILES string of the molecule is CN1CCN(c2ccc(-c3ccc(/C=C/C(=O)CO)cc3)cc2)CC1. The monoisotopic (exact) mass is 336 g/mol. The van der Waals surface area contributed by atoms with Crippen LogP contribution in [0, 0.1) is 0 Å². The quantitative estimate of drug-likeness (QED) is 0.853. The molecule has 0 bridgehead atoms. The maximum Gasteiger partial charge on any atom is 0.181 e. The highest BCUT2D eigenvalue weighted by Gasteiger charge is 2.13. The van der Waals surface area contributed by atoms with Crippen molar-refractivity contribution in [3.63, 3.8) is 0 Å². The Hall–Kier alpha value is -2.43. The second kappa shape index (κ2) is 8.10. The molecule has 3 rings (SSSR count). The molecule has 1 saturated heterocycles. The zero-order valence-electron chi connectivity index (χ0n) is 14.6. The van der Waals surface area contributed by atoms with Crippen molar-refractivity contribution in [2.75, 3.05) is 44.7 Å². The summed E-state index contributed by atoms with van der Waals surface area (Å²) in [6.07, 6.45) is 3.12. The third-order valence-corrected chi connectivity index (χ3v) is 4.60. The van der Waals surface area contributed by atoms with Gasteiger partial charge >= 0.3 is 0 Å². The van der Waals surface area contributed by atoms with E-state index in [1.165, 1.54) is 17.3 Å². The highest BCUT2D eigenvalue weighted by atomic mass is 16.3. The molecule has 130 valence electrons. The van der Waals surface area contributed by atoms with E-state index in [0.717, 1.165) is 37.3 Å². The lowest BCUT2D eigenvalue weighted by molar-refractivity contribution is -0.117. The molecule has 1 aliphatic heterocycles. The van der Waals surface area contributed by atoms with E-state index in [0.29, 0.717) is 0 Å². The van der Waals surface area contributed by atoms with Crippen molar-refractivity contribution < 1.29 is 9.90 Å². The van der Waals surface area contributed by atoms with E-state index in [9.17, 15) is 4.79 Å². The van der Waals surface area contributed by atoms with Gasteiger partial charge in [0.05, 0.1) is 0 Å². The van der Waals surface area contributed by atoms with Gasteiger partial charge in [0.2, 0.25) is 0 Å². The Kier molecular flexibility index (Phi) is 5.64. The number of likely N-dealkylation sites (N-methyl/N-ethyl adjacent to an activating group) is 1. The van der Waals surface area contributed by atoms with Crippen molar-refractivity contribution in [3.05, 3.63) is 60.2 Å². The van der Waals surface area contributed by atoms with Crippen LogP contribution in [0.3, 0.4) is 0 Å². The molecule has 0 atom stereocenters. The number of aliphatic hydroxyl groups is 1. The topological polar surface area (TPSA) is 43.8 Å². The normalized spacial score (nSPS) is 15.7. The summed E-state index contributed by atoms with van der Waals surface area (Å²) in [6.45, 7) is 3.91. The number of rotatable bonds is 5. The second-order valence-electron chi connectivity index (χ2n) is 6.42. The van der Waals surface area contributed by atoms with E-state index in [1.54, 1.807) is 6.08 Å². The van der Waals surface area contributed by atoms with Gasteiger partial charge in [-0.3, -0.25) is 4.79 Å². The lowest BCUT2D eigenvalue weighted by Crippen LogP contribution is -2.44. The van der Waals surface area contributed by atoms with Gasteiger partial charge in [0.25, 0.3) is 0 Å². The fraction of sp³-hybridized carbons (Fsp3) is 0.286. The summed E-state index contributed by atoms with van der Waals surface area (Å²) in [5.41, 5.74) is 4.55. The first-order valence-corrected chi connectivity index (χ1v) is 8.61. The Morgan fingerprint density at radius 3 is 2.08 bits per heavy atom. The molecule has 2 aromatic rings. The number of hydrogen-bond acceptors (Lipinski definition) is 4. The molecular formula is C21H24N2O2. The molecule has 4 heteroatoms. The minimum absolute atomic E-state index is 0.288. The maximum absolute atomic E-state index is 11.1. The maximum atomic E-state index is 11.1. The zero-order chi connectivity index (χ0) is 17.6. The molecule has 0 aromatic heterocycles. The molecule has 1 heterocycles. The summed E-state index contributed by atoms with van der Waals surface area (Å²) in [5.74, 6) is -0.288. The number of benzene rings is 2. The molecule has 0 spiro atoms. The van der Waals surface area contributed by atoms with Gasteiger partial charge in [0.1, 0.15) is 6.61 Å². The summed E-state index contributed by atoms with van der Waals surface area (Å²) in [4.78, 5) is 15.9. The number of piperazine rings is 1. The number of anilines is 1. The standard InChI is InChI=1S/C21H24N2O2/c1-22-12-14-23(15-13-22)20-9-7-19(8-10-20)18-5-2-17(3-6-18)4-11-21(25)16-24/h2-11,24H,12-16H2,1H3/b11-4+. The van der Waals surface area contributed by atoms with Gasteiger partial charge in [-0.1, -0.05) is 42.5 Å². The fourth-order valence-corrected chi connectivity index (χ4v) is 2.96. The molecule has 1 N–H and O–H groups in total. The number of carbonyl (C=O) groups excluding carboxylic acids is 1. The van der Waals surface area contributed by atoms with Crippen LogP contribution in [0.5, 0.6) is 0 Å². The van der Waals surface area contributed by atoms with Crippen LogP contribution < -0.4 is 4.90 Å². The first-order chi connectivity index (χ1) is 12.2. The van der Waals surface area contributed by atoms with Crippen molar-refractivity contribution in [1.29, 1.82) is 0 Å². The van der Waals surface area contributed by atoms with Gasteiger partial charge in [-0.25, -0.2) is 0 Å². The van der Waals surface area contributed by atoms with Crippen LogP contribution >= 0.6 is 0 Å². The van der Waals surface area contributed by atoms with Gasteiger partial charge in [0.15, 0.2) is 5.78 Å². The highest BCUT2D eigenvalue weighted by molar-refractivity contribution is 5.94. The largest absolute Gasteiger partial charge is 0.388 e. The van der Waals surface area contributed by atoms with Crippen LogP contribution in [-0.2, 0) is 4.79 Å². The summed E-state index contributed by atoms with van der Waals surface area (Å²) in [7, 11) is 2.17. The van der Waals surface area contributed by atoms with Crippen molar-refractivity contribution in [3.8, 4) is 11.1 Å². The van der Waals surface area contributed by atoms with Crippen molar-refractivity contribution in [1.82, 2.24) is 4.90 Å². The van der Waals surface area contributed by atoms with Gasteiger partial charge in [0, 0.05) is 31.9 Å². The van der Waals surface area contributed by atoms with Gasteiger partial charge in [-0.05, 0) is 41.9 Å². The Labute approximate surface area is 149 Å². The van der Waals surface area contributed by atoms with Crippen LogP contribution in [0.1, 0.15) is 5.56 Å². The summed E-state index contributed by atoms with van der Waals surface area (Å²) in [5, 5.41) is 8.73.